The average Bonchev–Trinajstić information content (AvgIpc) is 2.64. The topological polar surface area (TPSA) is 18.5 Å². The first-order chi connectivity index (χ1) is 9.34. The number of hydrogen-bond acceptors (Lipinski definition) is 2. The fraction of sp³-hybridized carbons (Fsp3) is 0.647. The maximum atomic E-state index is 5.92. The van der Waals surface area contributed by atoms with Gasteiger partial charge >= 0.3 is 7.12 Å². The van der Waals surface area contributed by atoms with Crippen LogP contribution in [0.5, 0.6) is 0 Å². The third kappa shape index (κ3) is 5.68. The second-order valence-corrected chi connectivity index (χ2v) is 4.98. The standard InChI is InChI=1S/C13H21BO2.2C2H6/c1-7-9-10-11(8-2)14-15-12(3,4)13(5,6)16-14;2*1-2/h7-10H,2H2,1,3-6H3;2*1-2H3/b9-7-,11-10+;;. The summed E-state index contributed by atoms with van der Waals surface area (Å²) in [7, 11) is -0.321. The van der Waals surface area contributed by atoms with Crippen LogP contribution >= 0.6 is 0 Å². The van der Waals surface area contributed by atoms with E-state index in [0.717, 1.165) is 5.47 Å². The molecule has 1 saturated heterocycles. The van der Waals surface area contributed by atoms with Crippen LogP contribution in [0.3, 0.4) is 0 Å². The second kappa shape index (κ2) is 10.0. The van der Waals surface area contributed by atoms with E-state index in [1.807, 2.05) is 80.5 Å². The van der Waals surface area contributed by atoms with E-state index < -0.39 is 0 Å². The SMILES string of the molecule is C=C/C(=C\C=C/C)B1OC(C)(C)C(C)(C)O1.CC.CC. The minimum atomic E-state index is -0.321. The fourth-order valence-corrected chi connectivity index (χ4v) is 1.43. The van der Waals surface area contributed by atoms with Crippen molar-refractivity contribution in [2.24, 2.45) is 0 Å². The van der Waals surface area contributed by atoms with Gasteiger partial charge in [-0.05, 0) is 40.1 Å². The molecule has 3 heteroatoms. The Morgan fingerprint density at radius 2 is 1.35 bits per heavy atom. The minimum Gasteiger partial charge on any atom is -0.399 e. The average molecular weight is 280 g/mol. The Morgan fingerprint density at radius 1 is 0.950 bits per heavy atom. The Balaban J connectivity index is 0. The lowest BCUT2D eigenvalue weighted by atomic mass is 9.78. The van der Waals surface area contributed by atoms with Gasteiger partial charge in [-0.25, -0.2) is 0 Å². The van der Waals surface area contributed by atoms with Gasteiger partial charge in [0.15, 0.2) is 0 Å². The summed E-state index contributed by atoms with van der Waals surface area (Å²) in [5.41, 5.74) is 0.363. The first-order valence-corrected chi connectivity index (χ1v) is 7.65. The Morgan fingerprint density at radius 3 is 1.65 bits per heavy atom. The van der Waals surface area contributed by atoms with E-state index in [-0.39, 0.29) is 18.3 Å². The highest BCUT2D eigenvalue weighted by molar-refractivity contribution is 6.55. The highest BCUT2D eigenvalue weighted by Crippen LogP contribution is 2.38. The van der Waals surface area contributed by atoms with Crippen LogP contribution < -0.4 is 0 Å². The van der Waals surface area contributed by atoms with Gasteiger partial charge in [0.1, 0.15) is 0 Å². The molecule has 0 radical (unpaired) electrons. The predicted octanol–water partition coefficient (Wildman–Crippen LogP) is 5.36. The van der Waals surface area contributed by atoms with Gasteiger partial charge in [-0.15, -0.1) is 0 Å². The molecular weight excluding hydrogens is 247 g/mol. The molecule has 0 unspecified atom stereocenters. The molecule has 0 amide bonds. The summed E-state index contributed by atoms with van der Waals surface area (Å²) in [6.07, 6.45) is 7.67. The molecule has 1 fully saturated rings. The molecule has 116 valence electrons. The van der Waals surface area contributed by atoms with Crippen LogP contribution in [0, 0.1) is 0 Å². The van der Waals surface area contributed by atoms with Crippen molar-refractivity contribution in [3.63, 3.8) is 0 Å². The first kappa shape index (κ1) is 21.5. The third-order valence-electron chi connectivity index (χ3n) is 3.24. The van der Waals surface area contributed by atoms with E-state index in [0.29, 0.717) is 0 Å². The Labute approximate surface area is 127 Å². The van der Waals surface area contributed by atoms with Crippen molar-refractivity contribution in [2.75, 3.05) is 0 Å². The lowest BCUT2D eigenvalue weighted by Crippen LogP contribution is -2.41. The van der Waals surface area contributed by atoms with Gasteiger partial charge in [0.2, 0.25) is 0 Å². The van der Waals surface area contributed by atoms with Crippen molar-refractivity contribution < 1.29 is 9.31 Å². The van der Waals surface area contributed by atoms with Crippen molar-refractivity contribution in [3.8, 4) is 0 Å². The van der Waals surface area contributed by atoms with Crippen molar-refractivity contribution >= 4 is 7.12 Å². The second-order valence-electron chi connectivity index (χ2n) is 4.98. The zero-order valence-electron chi connectivity index (χ0n) is 14.9. The van der Waals surface area contributed by atoms with E-state index >= 15 is 0 Å². The summed E-state index contributed by atoms with van der Waals surface area (Å²) in [4.78, 5) is 0. The Hall–Kier alpha value is -0.795. The largest absolute Gasteiger partial charge is 0.494 e. The van der Waals surface area contributed by atoms with Crippen LogP contribution in [-0.4, -0.2) is 18.3 Å². The van der Waals surface area contributed by atoms with E-state index in [1.54, 1.807) is 6.08 Å². The molecule has 1 aliphatic rings. The van der Waals surface area contributed by atoms with Crippen molar-refractivity contribution in [1.29, 1.82) is 0 Å². The molecule has 0 aliphatic carbocycles. The Kier molecular flexibility index (Phi) is 10.8. The number of rotatable bonds is 3. The molecule has 0 atom stereocenters. The molecule has 0 aromatic rings. The monoisotopic (exact) mass is 280 g/mol. The molecular formula is C17H33BO2. The third-order valence-corrected chi connectivity index (χ3v) is 3.24. The molecule has 0 spiro atoms. The van der Waals surface area contributed by atoms with Gasteiger partial charge in [-0.2, -0.15) is 0 Å². The van der Waals surface area contributed by atoms with Crippen LogP contribution in [0.1, 0.15) is 62.3 Å². The highest BCUT2D eigenvalue weighted by Gasteiger charge is 2.51. The molecule has 0 aromatic carbocycles. The smallest absolute Gasteiger partial charge is 0.399 e. The number of hydrogen-bond donors (Lipinski definition) is 0. The fourth-order valence-electron chi connectivity index (χ4n) is 1.43. The molecule has 0 saturated carbocycles. The summed E-state index contributed by atoms with van der Waals surface area (Å²) >= 11 is 0. The molecule has 20 heavy (non-hydrogen) atoms. The van der Waals surface area contributed by atoms with Crippen molar-refractivity contribution in [2.45, 2.75) is 73.5 Å². The highest BCUT2D eigenvalue weighted by atomic mass is 16.7. The van der Waals surface area contributed by atoms with Crippen LogP contribution in [0.15, 0.2) is 36.4 Å². The van der Waals surface area contributed by atoms with E-state index in [9.17, 15) is 0 Å². The van der Waals surface area contributed by atoms with Crippen LogP contribution in [0.25, 0.3) is 0 Å². The maximum Gasteiger partial charge on any atom is 0.494 e. The molecule has 1 heterocycles. The lowest BCUT2D eigenvalue weighted by molar-refractivity contribution is 0.00578. The van der Waals surface area contributed by atoms with Crippen LogP contribution in [0.2, 0.25) is 0 Å². The molecule has 0 N–H and O–H groups in total. The van der Waals surface area contributed by atoms with Crippen molar-refractivity contribution in [3.05, 3.63) is 36.4 Å². The van der Waals surface area contributed by atoms with Gasteiger partial charge in [0, 0.05) is 0 Å². The minimum absolute atomic E-state index is 0.296. The zero-order chi connectivity index (χ0) is 16.4. The van der Waals surface area contributed by atoms with Crippen LogP contribution in [-0.2, 0) is 9.31 Å². The van der Waals surface area contributed by atoms with E-state index in [4.69, 9.17) is 9.31 Å². The summed E-state index contributed by atoms with van der Waals surface area (Å²) in [5.74, 6) is 0. The summed E-state index contributed by atoms with van der Waals surface area (Å²) in [6.45, 7) is 21.9. The number of allylic oxidation sites excluding steroid dienone is 5. The Bertz CT molecular complexity index is 312. The van der Waals surface area contributed by atoms with Gasteiger partial charge < -0.3 is 9.31 Å². The zero-order valence-corrected chi connectivity index (χ0v) is 14.9. The molecule has 1 rings (SSSR count). The summed E-state index contributed by atoms with van der Waals surface area (Å²) in [5, 5.41) is 0. The van der Waals surface area contributed by atoms with Gasteiger partial charge in [-0.1, -0.05) is 58.6 Å². The van der Waals surface area contributed by atoms with Gasteiger partial charge in [0.25, 0.3) is 0 Å². The van der Waals surface area contributed by atoms with E-state index in [1.165, 1.54) is 0 Å². The first-order valence-electron chi connectivity index (χ1n) is 7.65. The molecule has 1 aliphatic heterocycles. The van der Waals surface area contributed by atoms with E-state index in [2.05, 4.69) is 6.58 Å². The predicted molar refractivity (Wildman–Crippen MR) is 91.9 cm³/mol. The van der Waals surface area contributed by atoms with Gasteiger partial charge in [-0.3, -0.25) is 0 Å². The van der Waals surface area contributed by atoms with Crippen LogP contribution in [0.4, 0.5) is 0 Å². The quantitative estimate of drug-likeness (QED) is 0.512. The van der Waals surface area contributed by atoms with Crippen molar-refractivity contribution in [1.82, 2.24) is 0 Å². The maximum absolute atomic E-state index is 5.92. The normalized spacial score (nSPS) is 19.9. The van der Waals surface area contributed by atoms with Gasteiger partial charge in [0.05, 0.1) is 11.2 Å². The molecule has 2 nitrogen and oxygen atoms in total. The summed E-state index contributed by atoms with van der Waals surface area (Å²) in [6, 6.07) is 0. The molecule has 0 aromatic heterocycles. The molecule has 0 bridgehead atoms. The summed E-state index contributed by atoms with van der Waals surface area (Å²) < 4.78 is 11.8. The lowest BCUT2D eigenvalue weighted by Gasteiger charge is -2.32.